The van der Waals surface area contributed by atoms with Crippen LogP contribution in [0.15, 0.2) is 36.7 Å². The minimum Gasteiger partial charge on any atom is -0.397 e. The predicted octanol–water partition coefficient (Wildman–Crippen LogP) is 2.46. The number of pyridine rings is 1. The molecule has 3 N–H and O–H groups in total. The van der Waals surface area contributed by atoms with Crippen LogP contribution in [-0.2, 0) is 6.54 Å². The van der Waals surface area contributed by atoms with Crippen molar-refractivity contribution < 1.29 is 0 Å². The summed E-state index contributed by atoms with van der Waals surface area (Å²) in [4.78, 5) is 4.05. The molecule has 0 amide bonds. The van der Waals surface area contributed by atoms with Crippen molar-refractivity contribution in [1.29, 1.82) is 5.26 Å². The monoisotopic (exact) mass is 238 g/mol. The van der Waals surface area contributed by atoms with Crippen LogP contribution in [0.1, 0.15) is 16.7 Å². The number of hydrogen-bond acceptors (Lipinski definition) is 4. The van der Waals surface area contributed by atoms with E-state index < -0.39 is 0 Å². The highest BCUT2D eigenvalue weighted by atomic mass is 14.9. The van der Waals surface area contributed by atoms with Gasteiger partial charge in [-0.15, -0.1) is 0 Å². The number of nitriles is 1. The molecule has 0 aliphatic rings. The van der Waals surface area contributed by atoms with Crippen LogP contribution in [-0.4, -0.2) is 4.98 Å². The van der Waals surface area contributed by atoms with Gasteiger partial charge in [0, 0.05) is 18.9 Å². The average molecular weight is 238 g/mol. The smallest absolute Gasteiger partial charge is 0.0992 e. The largest absolute Gasteiger partial charge is 0.397 e. The number of nitrogens with one attached hydrogen (secondary N) is 1. The van der Waals surface area contributed by atoms with E-state index in [0.29, 0.717) is 17.8 Å². The first-order chi connectivity index (χ1) is 8.70. The Hall–Kier alpha value is -2.54. The topological polar surface area (TPSA) is 74.7 Å². The van der Waals surface area contributed by atoms with Gasteiger partial charge in [-0.05, 0) is 42.3 Å². The molecule has 18 heavy (non-hydrogen) atoms. The molecule has 1 heterocycles. The third-order valence-electron chi connectivity index (χ3n) is 2.79. The molecule has 0 saturated carbocycles. The van der Waals surface area contributed by atoms with Crippen LogP contribution in [0.2, 0.25) is 0 Å². The minimum atomic E-state index is 0.568. The van der Waals surface area contributed by atoms with E-state index in [-0.39, 0.29) is 0 Å². The molecule has 1 aromatic heterocycles. The van der Waals surface area contributed by atoms with E-state index >= 15 is 0 Å². The SMILES string of the molecule is Cc1cnccc1CNc1ccc(C#N)cc1N. The molecule has 0 radical (unpaired) electrons. The van der Waals surface area contributed by atoms with Crippen LogP contribution in [0.3, 0.4) is 0 Å². The molecule has 4 heteroatoms. The summed E-state index contributed by atoms with van der Waals surface area (Å²) in [7, 11) is 0. The van der Waals surface area contributed by atoms with E-state index in [0.717, 1.165) is 11.3 Å². The van der Waals surface area contributed by atoms with Crippen molar-refractivity contribution in [3.8, 4) is 6.07 Å². The summed E-state index contributed by atoms with van der Waals surface area (Å²) in [5.41, 5.74) is 10.2. The number of nitrogens with zero attached hydrogens (tertiary/aromatic N) is 2. The van der Waals surface area contributed by atoms with E-state index in [1.54, 1.807) is 18.3 Å². The van der Waals surface area contributed by atoms with Gasteiger partial charge < -0.3 is 11.1 Å². The van der Waals surface area contributed by atoms with Gasteiger partial charge in [0.05, 0.1) is 23.0 Å². The number of rotatable bonds is 3. The third-order valence-corrected chi connectivity index (χ3v) is 2.79. The Labute approximate surface area is 106 Å². The van der Waals surface area contributed by atoms with E-state index in [2.05, 4.69) is 16.4 Å². The lowest BCUT2D eigenvalue weighted by atomic mass is 10.1. The highest BCUT2D eigenvalue weighted by molar-refractivity contribution is 5.68. The molecule has 0 fully saturated rings. The lowest BCUT2D eigenvalue weighted by Crippen LogP contribution is -2.04. The van der Waals surface area contributed by atoms with Crippen molar-refractivity contribution >= 4 is 11.4 Å². The molecule has 90 valence electrons. The molecule has 0 spiro atoms. The molecular formula is C14H14N4. The average Bonchev–Trinajstić information content (AvgIpc) is 2.39. The van der Waals surface area contributed by atoms with Crippen molar-refractivity contribution in [2.45, 2.75) is 13.5 Å². The number of nitrogen functional groups attached to an aromatic ring is 1. The Morgan fingerprint density at radius 3 is 2.89 bits per heavy atom. The molecule has 4 nitrogen and oxygen atoms in total. The van der Waals surface area contributed by atoms with Crippen molar-refractivity contribution in [3.05, 3.63) is 53.3 Å². The molecule has 0 atom stereocenters. The summed E-state index contributed by atoms with van der Waals surface area (Å²) in [6.07, 6.45) is 3.60. The summed E-state index contributed by atoms with van der Waals surface area (Å²) in [6, 6.07) is 9.28. The fourth-order valence-electron chi connectivity index (χ4n) is 1.68. The van der Waals surface area contributed by atoms with E-state index in [9.17, 15) is 0 Å². The summed E-state index contributed by atoms with van der Waals surface area (Å²) >= 11 is 0. The minimum absolute atomic E-state index is 0.568. The third kappa shape index (κ3) is 2.58. The molecule has 2 rings (SSSR count). The van der Waals surface area contributed by atoms with Gasteiger partial charge in [0.15, 0.2) is 0 Å². The quantitative estimate of drug-likeness (QED) is 0.805. The van der Waals surface area contributed by atoms with Crippen LogP contribution < -0.4 is 11.1 Å². The summed E-state index contributed by atoms with van der Waals surface area (Å²) < 4.78 is 0. The van der Waals surface area contributed by atoms with Crippen LogP contribution in [0.25, 0.3) is 0 Å². The van der Waals surface area contributed by atoms with E-state index in [1.165, 1.54) is 5.56 Å². The Morgan fingerprint density at radius 2 is 2.22 bits per heavy atom. The van der Waals surface area contributed by atoms with Gasteiger partial charge in [-0.1, -0.05) is 0 Å². The summed E-state index contributed by atoms with van der Waals surface area (Å²) in [6.45, 7) is 2.70. The molecule has 0 bridgehead atoms. The van der Waals surface area contributed by atoms with Crippen LogP contribution in [0, 0.1) is 18.3 Å². The molecule has 0 saturated heterocycles. The van der Waals surface area contributed by atoms with Gasteiger partial charge in [0.25, 0.3) is 0 Å². The highest BCUT2D eigenvalue weighted by Gasteiger charge is 2.02. The number of aryl methyl sites for hydroxylation is 1. The maximum atomic E-state index is 8.76. The molecule has 2 aromatic rings. The Kier molecular flexibility index (Phi) is 3.44. The van der Waals surface area contributed by atoms with Gasteiger partial charge in [0.2, 0.25) is 0 Å². The molecule has 0 aliphatic carbocycles. The summed E-state index contributed by atoms with van der Waals surface area (Å²) in [5, 5.41) is 12.0. The van der Waals surface area contributed by atoms with E-state index in [1.807, 2.05) is 25.3 Å². The van der Waals surface area contributed by atoms with Crippen LogP contribution in [0.5, 0.6) is 0 Å². The molecular weight excluding hydrogens is 224 g/mol. The maximum Gasteiger partial charge on any atom is 0.0992 e. The zero-order valence-corrected chi connectivity index (χ0v) is 10.1. The second-order valence-corrected chi connectivity index (χ2v) is 4.07. The normalized spacial score (nSPS) is 9.78. The fraction of sp³-hybridized carbons (Fsp3) is 0.143. The number of hydrogen-bond donors (Lipinski definition) is 2. The molecule has 0 unspecified atom stereocenters. The molecule has 1 aromatic carbocycles. The zero-order chi connectivity index (χ0) is 13.0. The standard InChI is InChI=1S/C14H14N4/c1-10-8-17-5-4-12(10)9-18-14-3-2-11(7-15)6-13(14)16/h2-6,8,18H,9,16H2,1H3. The van der Waals surface area contributed by atoms with Crippen molar-refractivity contribution in [2.24, 2.45) is 0 Å². The predicted molar refractivity (Wildman–Crippen MR) is 71.9 cm³/mol. The Morgan fingerprint density at radius 1 is 1.39 bits per heavy atom. The maximum absolute atomic E-state index is 8.76. The lowest BCUT2D eigenvalue weighted by Gasteiger charge is -2.10. The Balaban J connectivity index is 2.12. The summed E-state index contributed by atoms with van der Waals surface area (Å²) in [5.74, 6) is 0. The van der Waals surface area contributed by atoms with Gasteiger partial charge in [-0.25, -0.2) is 0 Å². The van der Waals surface area contributed by atoms with Crippen LogP contribution >= 0.6 is 0 Å². The first-order valence-corrected chi connectivity index (χ1v) is 5.63. The second kappa shape index (κ2) is 5.19. The van der Waals surface area contributed by atoms with Crippen molar-refractivity contribution in [3.63, 3.8) is 0 Å². The van der Waals surface area contributed by atoms with Crippen LogP contribution in [0.4, 0.5) is 11.4 Å². The first kappa shape index (κ1) is 11.9. The first-order valence-electron chi connectivity index (χ1n) is 5.63. The van der Waals surface area contributed by atoms with Gasteiger partial charge in [0.1, 0.15) is 0 Å². The Bertz CT molecular complexity index is 599. The van der Waals surface area contributed by atoms with Crippen molar-refractivity contribution in [2.75, 3.05) is 11.1 Å². The zero-order valence-electron chi connectivity index (χ0n) is 10.1. The second-order valence-electron chi connectivity index (χ2n) is 4.07. The van der Waals surface area contributed by atoms with Gasteiger partial charge in [-0.3, -0.25) is 4.98 Å². The lowest BCUT2D eigenvalue weighted by molar-refractivity contribution is 1.09. The number of nitrogens with two attached hydrogens (primary N) is 1. The molecule has 0 aliphatic heterocycles. The highest BCUT2D eigenvalue weighted by Crippen LogP contribution is 2.20. The van der Waals surface area contributed by atoms with Crippen molar-refractivity contribution in [1.82, 2.24) is 4.98 Å². The fourth-order valence-corrected chi connectivity index (χ4v) is 1.68. The number of benzene rings is 1. The number of aromatic nitrogens is 1. The number of anilines is 2. The van der Waals surface area contributed by atoms with Gasteiger partial charge in [-0.2, -0.15) is 5.26 Å². The van der Waals surface area contributed by atoms with Gasteiger partial charge >= 0.3 is 0 Å². The van der Waals surface area contributed by atoms with E-state index in [4.69, 9.17) is 11.0 Å².